The highest BCUT2D eigenvalue weighted by atomic mass is 16.4. The number of rotatable bonds is 5. The standard InChI is InChI=1S/C17H25N3O4/c1-4-17(15(22)23)7-5-8-19(11-17)14(21)6-9-20-13(3)10-12(2)18-16(20)24/h10H,4-9,11H2,1-3H3,(H,22,23). The Morgan fingerprint density at radius 3 is 2.67 bits per heavy atom. The highest BCUT2D eigenvalue weighted by molar-refractivity contribution is 5.79. The number of piperidine rings is 1. The van der Waals surface area contributed by atoms with Crippen LogP contribution in [0, 0.1) is 19.3 Å². The minimum atomic E-state index is -0.841. The molecule has 24 heavy (non-hydrogen) atoms. The van der Waals surface area contributed by atoms with Crippen LogP contribution in [0.1, 0.15) is 44.0 Å². The van der Waals surface area contributed by atoms with Crippen molar-refractivity contribution in [1.29, 1.82) is 0 Å². The molecule has 1 saturated heterocycles. The van der Waals surface area contributed by atoms with Crippen molar-refractivity contribution in [3.05, 3.63) is 27.9 Å². The Morgan fingerprint density at radius 2 is 2.08 bits per heavy atom. The van der Waals surface area contributed by atoms with Gasteiger partial charge in [-0.25, -0.2) is 4.79 Å². The average Bonchev–Trinajstić information content (AvgIpc) is 2.53. The van der Waals surface area contributed by atoms with Crippen molar-refractivity contribution in [3.8, 4) is 0 Å². The molecule has 1 atom stereocenters. The molecule has 1 aromatic rings. The summed E-state index contributed by atoms with van der Waals surface area (Å²) in [6, 6.07) is 1.80. The Bertz CT molecular complexity index is 698. The van der Waals surface area contributed by atoms with Gasteiger partial charge in [-0.15, -0.1) is 0 Å². The second kappa shape index (κ2) is 7.15. The van der Waals surface area contributed by atoms with Crippen LogP contribution in [0.15, 0.2) is 10.9 Å². The number of hydrogen-bond acceptors (Lipinski definition) is 4. The molecule has 1 fully saturated rings. The smallest absolute Gasteiger partial charge is 0.347 e. The summed E-state index contributed by atoms with van der Waals surface area (Å²) in [5.41, 5.74) is 0.233. The number of carboxylic acid groups (broad SMARTS) is 1. The quantitative estimate of drug-likeness (QED) is 0.877. The van der Waals surface area contributed by atoms with Gasteiger partial charge in [0.2, 0.25) is 5.91 Å². The third-order valence-corrected chi connectivity index (χ3v) is 4.96. The fraction of sp³-hybridized carbons (Fsp3) is 0.647. The zero-order valence-electron chi connectivity index (χ0n) is 14.5. The minimum absolute atomic E-state index is 0.111. The van der Waals surface area contributed by atoms with E-state index in [0.717, 1.165) is 5.69 Å². The molecule has 0 aromatic carbocycles. The van der Waals surface area contributed by atoms with Crippen LogP contribution in [-0.4, -0.2) is 44.5 Å². The molecule has 0 radical (unpaired) electrons. The Hall–Kier alpha value is -2.18. The predicted octanol–water partition coefficient (Wildman–Crippen LogP) is 1.35. The molecule has 0 spiro atoms. The molecule has 0 bridgehead atoms. The molecule has 1 aromatic heterocycles. The van der Waals surface area contributed by atoms with Crippen LogP contribution in [-0.2, 0) is 16.1 Å². The predicted molar refractivity (Wildman–Crippen MR) is 88.8 cm³/mol. The van der Waals surface area contributed by atoms with Crippen LogP contribution in [0.25, 0.3) is 0 Å². The second-order valence-corrected chi connectivity index (χ2v) is 6.58. The summed E-state index contributed by atoms with van der Waals surface area (Å²) in [5.74, 6) is -0.946. The van der Waals surface area contributed by atoms with E-state index in [1.807, 2.05) is 13.8 Å². The SMILES string of the molecule is CCC1(C(=O)O)CCCN(C(=O)CCn2c(C)cc(C)nc2=O)C1. The number of carbonyl (C=O) groups is 2. The van der Waals surface area contributed by atoms with Crippen LogP contribution >= 0.6 is 0 Å². The van der Waals surface area contributed by atoms with Crippen molar-refractivity contribution in [3.63, 3.8) is 0 Å². The van der Waals surface area contributed by atoms with Gasteiger partial charge in [-0.3, -0.25) is 14.2 Å². The number of aromatic nitrogens is 2. The lowest BCUT2D eigenvalue weighted by molar-refractivity contribution is -0.155. The maximum absolute atomic E-state index is 12.5. The molecule has 7 nitrogen and oxygen atoms in total. The molecular formula is C17H25N3O4. The highest BCUT2D eigenvalue weighted by Gasteiger charge is 2.41. The van der Waals surface area contributed by atoms with Gasteiger partial charge in [-0.1, -0.05) is 6.92 Å². The molecule has 2 rings (SSSR count). The molecule has 1 N–H and O–H groups in total. The van der Waals surface area contributed by atoms with E-state index in [4.69, 9.17) is 0 Å². The summed E-state index contributed by atoms with van der Waals surface area (Å²) in [5, 5.41) is 9.50. The molecule has 0 saturated carbocycles. The second-order valence-electron chi connectivity index (χ2n) is 6.58. The molecule has 1 aliphatic rings. The number of carboxylic acids is 1. The number of aliphatic carboxylic acids is 1. The number of nitrogens with zero attached hydrogens (tertiary/aromatic N) is 3. The van der Waals surface area contributed by atoms with Gasteiger partial charge >= 0.3 is 11.7 Å². The van der Waals surface area contributed by atoms with Crippen molar-refractivity contribution in [1.82, 2.24) is 14.5 Å². The summed E-state index contributed by atoms with van der Waals surface area (Å²) in [4.78, 5) is 41.5. The fourth-order valence-electron chi connectivity index (χ4n) is 3.37. The Balaban J connectivity index is 2.05. The summed E-state index contributed by atoms with van der Waals surface area (Å²) < 4.78 is 1.49. The lowest BCUT2D eigenvalue weighted by atomic mass is 9.77. The number of aryl methyl sites for hydroxylation is 2. The van der Waals surface area contributed by atoms with Crippen LogP contribution in [0.2, 0.25) is 0 Å². The molecule has 7 heteroatoms. The average molecular weight is 335 g/mol. The van der Waals surface area contributed by atoms with Crippen LogP contribution in [0.5, 0.6) is 0 Å². The van der Waals surface area contributed by atoms with Crippen molar-refractivity contribution in [2.45, 2.75) is 53.0 Å². The molecule has 132 valence electrons. The molecule has 1 unspecified atom stereocenters. The van der Waals surface area contributed by atoms with E-state index in [0.29, 0.717) is 31.5 Å². The minimum Gasteiger partial charge on any atom is -0.481 e. The Kier molecular flexibility index (Phi) is 5.41. The first-order chi connectivity index (χ1) is 11.3. The number of amides is 1. The van der Waals surface area contributed by atoms with E-state index in [1.165, 1.54) is 4.57 Å². The van der Waals surface area contributed by atoms with Gasteiger partial charge in [0.15, 0.2) is 0 Å². The molecule has 1 aliphatic heterocycles. The third-order valence-electron chi connectivity index (χ3n) is 4.96. The van der Waals surface area contributed by atoms with E-state index < -0.39 is 11.4 Å². The topological polar surface area (TPSA) is 92.5 Å². The summed E-state index contributed by atoms with van der Waals surface area (Å²) in [6.07, 6.45) is 1.97. The van der Waals surface area contributed by atoms with Gasteiger partial charge < -0.3 is 10.0 Å². The first-order valence-corrected chi connectivity index (χ1v) is 8.35. The van der Waals surface area contributed by atoms with E-state index >= 15 is 0 Å². The van der Waals surface area contributed by atoms with E-state index in [2.05, 4.69) is 4.98 Å². The first kappa shape index (κ1) is 18.2. The van der Waals surface area contributed by atoms with Gasteiger partial charge in [-0.2, -0.15) is 4.98 Å². The Morgan fingerprint density at radius 1 is 1.38 bits per heavy atom. The van der Waals surface area contributed by atoms with E-state index in [-0.39, 0.29) is 31.1 Å². The Labute approximate surface area is 141 Å². The monoisotopic (exact) mass is 335 g/mol. The number of hydrogen-bond donors (Lipinski definition) is 1. The zero-order chi connectivity index (χ0) is 17.9. The summed E-state index contributed by atoms with van der Waals surface area (Å²) in [7, 11) is 0. The van der Waals surface area contributed by atoms with Crippen LogP contribution < -0.4 is 5.69 Å². The maximum atomic E-state index is 12.5. The molecule has 1 amide bonds. The van der Waals surface area contributed by atoms with Crippen LogP contribution in [0.3, 0.4) is 0 Å². The molecular weight excluding hydrogens is 310 g/mol. The maximum Gasteiger partial charge on any atom is 0.347 e. The van der Waals surface area contributed by atoms with Gasteiger partial charge in [0, 0.05) is 37.4 Å². The summed E-state index contributed by atoms with van der Waals surface area (Å²) in [6.45, 7) is 6.51. The lowest BCUT2D eigenvalue weighted by Gasteiger charge is -2.39. The normalized spacial score (nSPS) is 20.9. The lowest BCUT2D eigenvalue weighted by Crippen LogP contribution is -2.49. The largest absolute Gasteiger partial charge is 0.481 e. The van der Waals surface area contributed by atoms with E-state index in [1.54, 1.807) is 17.9 Å². The van der Waals surface area contributed by atoms with Gasteiger partial charge in [0.1, 0.15) is 0 Å². The third kappa shape index (κ3) is 3.66. The van der Waals surface area contributed by atoms with Crippen molar-refractivity contribution in [2.24, 2.45) is 5.41 Å². The van der Waals surface area contributed by atoms with Gasteiger partial charge in [-0.05, 0) is 39.2 Å². The fourth-order valence-corrected chi connectivity index (χ4v) is 3.37. The number of likely N-dealkylation sites (tertiary alicyclic amines) is 1. The van der Waals surface area contributed by atoms with Gasteiger partial charge in [0.05, 0.1) is 5.41 Å². The van der Waals surface area contributed by atoms with Crippen molar-refractivity contribution in [2.75, 3.05) is 13.1 Å². The van der Waals surface area contributed by atoms with E-state index in [9.17, 15) is 19.5 Å². The molecule has 2 heterocycles. The number of carbonyl (C=O) groups excluding carboxylic acids is 1. The molecule has 0 aliphatic carbocycles. The van der Waals surface area contributed by atoms with Gasteiger partial charge in [0.25, 0.3) is 0 Å². The summed E-state index contributed by atoms with van der Waals surface area (Å²) >= 11 is 0. The first-order valence-electron chi connectivity index (χ1n) is 8.35. The van der Waals surface area contributed by atoms with Crippen molar-refractivity contribution < 1.29 is 14.7 Å². The van der Waals surface area contributed by atoms with Crippen molar-refractivity contribution >= 4 is 11.9 Å². The van der Waals surface area contributed by atoms with Crippen LogP contribution in [0.4, 0.5) is 0 Å². The zero-order valence-corrected chi connectivity index (χ0v) is 14.5. The highest BCUT2D eigenvalue weighted by Crippen LogP contribution is 2.33.